The minimum absolute atomic E-state index is 0.238. The van der Waals surface area contributed by atoms with Crippen molar-refractivity contribution in [2.24, 2.45) is 5.41 Å². The van der Waals surface area contributed by atoms with Crippen LogP contribution in [0.5, 0.6) is 0 Å². The van der Waals surface area contributed by atoms with Crippen LogP contribution >= 0.6 is 15.9 Å². The van der Waals surface area contributed by atoms with Crippen molar-refractivity contribution in [3.8, 4) is 0 Å². The molecule has 1 aromatic carbocycles. The lowest BCUT2D eigenvalue weighted by Gasteiger charge is -2.44. The molecule has 0 atom stereocenters. The van der Waals surface area contributed by atoms with Crippen LogP contribution in [0.2, 0.25) is 0 Å². The maximum absolute atomic E-state index is 11.0. The van der Waals surface area contributed by atoms with Crippen LogP contribution in [0.4, 0.5) is 0 Å². The molecule has 4 nitrogen and oxygen atoms in total. The molecule has 1 heterocycles. The number of carbonyl (C=O) groups is 1. The van der Waals surface area contributed by atoms with E-state index in [1.807, 2.05) is 12.1 Å². The predicted octanol–water partition coefficient (Wildman–Crippen LogP) is 3.30. The fourth-order valence-electron chi connectivity index (χ4n) is 3.89. The van der Waals surface area contributed by atoms with Gasteiger partial charge in [-0.2, -0.15) is 0 Å². The van der Waals surface area contributed by atoms with Crippen molar-refractivity contribution < 1.29 is 14.6 Å². The Hall–Kier alpha value is -0.910. The van der Waals surface area contributed by atoms with Crippen molar-refractivity contribution in [1.29, 1.82) is 0 Å². The minimum atomic E-state index is -0.905. The second-order valence-corrected chi connectivity index (χ2v) is 7.53. The Morgan fingerprint density at radius 3 is 2.64 bits per heavy atom. The number of halogens is 1. The molecule has 0 bridgehead atoms. The van der Waals surface area contributed by atoms with Crippen molar-refractivity contribution in [2.75, 3.05) is 19.7 Å². The first kappa shape index (κ1) is 16.0. The summed E-state index contributed by atoms with van der Waals surface area (Å²) in [5.41, 5.74) is 1.02. The first-order valence-corrected chi connectivity index (χ1v) is 8.66. The summed E-state index contributed by atoms with van der Waals surface area (Å²) in [6.07, 6.45) is 5.18. The third kappa shape index (κ3) is 3.21. The van der Waals surface area contributed by atoms with Gasteiger partial charge in [0.2, 0.25) is 0 Å². The molecule has 1 spiro atoms. The van der Waals surface area contributed by atoms with E-state index in [4.69, 9.17) is 9.84 Å². The van der Waals surface area contributed by atoms with Crippen molar-refractivity contribution in [2.45, 2.75) is 37.7 Å². The van der Waals surface area contributed by atoms with E-state index in [0.29, 0.717) is 5.41 Å². The second kappa shape index (κ2) is 6.30. The van der Waals surface area contributed by atoms with E-state index in [1.54, 1.807) is 0 Å². The molecule has 0 unspecified atom stereocenters. The zero-order chi connectivity index (χ0) is 15.6. The number of nitrogens with one attached hydrogen (secondary N) is 1. The number of ether oxygens (including phenoxy) is 1. The van der Waals surface area contributed by atoms with E-state index in [-0.39, 0.29) is 6.61 Å². The number of carboxylic acids is 1. The summed E-state index contributed by atoms with van der Waals surface area (Å²) in [7, 11) is 0. The summed E-state index contributed by atoms with van der Waals surface area (Å²) in [4.78, 5) is 11.0. The highest BCUT2D eigenvalue weighted by atomic mass is 79.9. The van der Waals surface area contributed by atoms with Crippen molar-refractivity contribution >= 4 is 21.9 Å². The highest BCUT2D eigenvalue weighted by Crippen LogP contribution is 2.50. The van der Waals surface area contributed by atoms with Gasteiger partial charge in [-0.15, -0.1) is 0 Å². The van der Waals surface area contributed by atoms with E-state index in [1.165, 1.54) is 6.42 Å². The van der Waals surface area contributed by atoms with E-state index >= 15 is 0 Å². The second-order valence-electron chi connectivity index (χ2n) is 6.61. The molecule has 3 rings (SSSR count). The van der Waals surface area contributed by atoms with Crippen molar-refractivity contribution in [3.63, 3.8) is 0 Å². The molecular formula is C17H22BrNO3. The van der Waals surface area contributed by atoms with Gasteiger partial charge in [-0.25, -0.2) is 4.79 Å². The van der Waals surface area contributed by atoms with Crippen molar-refractivity contribution in [3.05, 3.63) is 34.3 Å². The Morgan fingerprint density at radius 2 is 2.05 bits per heavy atom. The van der Waals surface area contributed by atoms with Gasteiger partial charge in [-0.05, 0) is 61.8 Å². The normalized spacial score (nSPS) is 31.5. The van der Waals surface area contributed by atoms with Gasteiger partial charge in [0.15, 0.2) is 0 Å². The minimum Gasteiger partial charge on any atom is -0.480 e. The van der Waals surface area contributed by atoms with E-state index in [2.05, 4.69) is 33.4 Å². The standard InChI is InChI=1S/C17H22BrNO3/c18-14-3-1-2-13(10-14)17(22-11-15(20)21)6-4-16(5-7-17)8-9-19-12-16/h1-3,10,19H,4-9,11-12H2,(H,20,21). The number of rotatable bonds is 4. The molecule has 0 amide bonds. The Labute approximate surface area is 139 Å². The lowest BCUT2D eigenvalue weighted by Crippen LogP contribution is -2.41. The fourth-order valence-corrected chi connectivity index (χ4v) is 4.29. The van der Waals surface area contributed by atoms with Crippen molar-refractivity contribution in [1.82, 2.24) is 5.32 Å². The van der Waals surface area contributed by atoms with Crippen LogP contribution in [0, 0.1) is 5.41 Å². The van der Waals surface area contributed by atoms with E-state index in [0.717, 1.165) is 48.8 Å². The Balaban J connectivity index is 1.83. The Morgan fingerprint density at radius 1 is 1.27 bits per heavy atom. The van der Waals surface area contributed by atoms with Gasteiger partial charge in [0.05, 0.1) is 5.60 Å². The lowest BCUT2D eigenvalue weighted by molar-refractivity contribution is -0.156. The molecule has 1 aromatic rings. The molecule has 1 aliphatic heterocycles. The van der Waals surface area contributed by atoms with Gasteiger partial charge < -0.3 is 15.2 Å². The molecule has 2 fully saturated rings. The SMILES string of the molecule is O=C(O)COC1(c2cccc(Br)c2)CCC2(CCNC2)CC1. The fraction of sp³-hybridized carbons (Fsp3) is 0.588. The maximum Gasteiger partial charge on any atom is 0.329 e. The highest BCUT2D eigenvalue weighted by Gasteiger charge is 2.45. The zero-order valence-electron chi connectivity index (χ0n) is 12.6. The summed E-state index contributed by atoms with van der Waals surface area (Å²) in [6.45, 7) is 1.94. The van der Waals surface area contributed by atoms with Gasteiger partial charge in [-0.3, -0.25) is 0 Å². The average molecular weight is 368 g/mol. The Bertz CT molecular complexity index is 545. The van der Waals surface area contributed by atoms with Crippen LogP contribution in [0.25, 0.3) is 0 Å². The molecule has 1 saturated heterocycles. The maximum atomic E-state index is 11.0. The molecule has 1 saturated carbocycles. The van der Waals surface area contributed by atoms with Gasteiger partial charge in [-0.1, -0.05) is 28.1 Å². The van der Waals surface area contributed by atoms with Gasteiger partial charge >= 0.3 is 5.97 Å². The molecule has 0 radical (unpaired) electrons. The van der Waals surface area contributed by atoms with Gasteiger partial charge in [0.25, 0.3) is 0 Å². The van der Waals surface area contributed by atoms with Crippen LogP contribution in [-0.2, 0) is 15.1 Å². The summed E-state index contributed by atoms with van der Waals surface area (Å²) in [6, 6.07) is 8.09. The van der Waals surface area contributed by atoms with E-state index < -0.39 is 11.6 Å². The molecule has 2 aliphatic rings. The number of hydrogen-bond donors (Lipinski definition) is 2. The number of carboxylic acid groups (broad SMARTS) is 1. The zero-order valence-corrected chi connectivity index (χ0v) is 14.2. The monoisotopic (exact) mass is 367 g/mol. The van der Waals surface area contributed by atoms with Gasteiger partial charge in [0, 0.05) is 11.0 Å². The van der Waals surface area contributed by atoms with Crippen LogP contribution in [0.1, 0.15) is 37.7 Å². The molecule has 1 aliphatic carbocycles. The highest BCUT2D eigenvalue weighted by molar-refractivity contribution is 9.10. The first-order valence-electron chi connectivity index (χ1n) is 7.86. The van der Waals surface area contributed by atoms with Crippen LogP contribution < -0.4 is 5.32 Å². The summed E-state index contributed by atoms with van der Waals surface area (Å²) in [5.74, 6) is -0.905. The number of benzene rings is 1. The van der Waals surface area contributed by atoms with Crippen LogP contribution in [0.3, 0.4) is 0 Å². The molecule has 120 valence electrons. The van der Waals surface area contributed by atoms with E-state index in [9.17, 15) is 4.79 Å². The van der Waals surface area contributed by atoms with Gasteiger partial charge in [0.1, 0.15) is 6.61 Å². The molecular weight excluding hydrogens is 346 g/mol. The molecule has 2 N–H and O–H groups in total. The number of aliphatic carboxylic acids is 1. The quantitative estimate of drug-likeness (QED) is 0.856. The third-order valence-corrected chi connectivity index (χ3v) is 5.77. The predicted molar refractivity (Wildman–Crippen MR) is 87.8 cm³/mol. The first-order chi connectivity index (χ1) is 10.5. The topological polar surface area (TPSA) is 58.6 Å². The summed E-state index contributed by atoms with van der Waals surface area (Å²) in [5, 5.41) is 12.5. The smallest absolute Gasteiger partial charge is 0.329 e. The van der Waals surface area contributed by atoms with Crippen LogP contribution in [0.15, 0.2) is 28.7 Å². The largest absolute Gasteiger partial charge is 0.480 e. The summed E-state index contributed by atoms with van der Waals surface area (Å²) < 4.78 is 6.94. The molecule has 0 aromatic heterocycles. The average Bonchev–Trinajstić information content (AvgIpc) is 2.96. The lowest BCUT2D eigenvalue weighted by atomic mass is 9.66. The number of hydrogen-bond acceptors (Lipinski definition) is 3. The molecule has 22 heavy (non-hydrogen) atoms. The molecule has 5 heteroatoms. The third-order valence-electron chi connectivity index (χ3n) is 5.27. The Kier molecular flexibility index (Phi) is 4.57. The van der Waals surface area contributed by atoms with Crippen LogP contribution in [-0.4, -0.2) is 30.8 Å². The summed E-state index contributed by atoms with van der Waals surface area (Å²) >= 11 is 3.51.